The number of aryl methyl sites for hydroxylation is 2. The van der Waals surface area contributed by atoms with Gasteiger partial charge in [-0.2, -0.15) is 5.48 Å². The lowest BCUT2D eigenvalue weighted by Crippen LogP contribution is -2.21. The normalized spacial score (nSPS) is 16.3. The van der Waals surface area contributed by atoms with E-state index in [2.05, 4.69) is 30.6 Å². The molecule has 18 heavy (non-hydrogen) atoms. The van der Waals surface area contributed by atoms with Crippen molar-refractivity contribution in [1.82, 2.24) is 5.48 Å². The topological polar surface area (TPSA) is 30.5 Å². The number of ether oxygens (including phenoxy) is 1. The van der Waals surface area contributed by atoms with Crippen LogP contribution in [0.2, 0.25) is 0 Å². The fraction of sp³-hybridized carbons (Fsp3) is 0.600. The molecule has 100 valence electrons. The van der Waals surface area contributed by atoms with E-state index in [1.807, 2.05) is 0 Å². The number of rotatable bonds is 6. The lowest BCUT2D eigenvalue weighted by atomic mass is 9.89. The van der Waals surface area contributed by atoms with Gasteiger partial charge in [0.15, 0.2) is 0 Å². The molecule has 0 heterocycles. The third-order valence-electron chi connectivity index (χ3n) is 3.52. The summed E-state index contributed by atoms with van der Waals surface area (Å²) >= 11 is 0. The third-order valence-corrected chi connectivity index (χ3v) is 3.52. The van der Waals surface area contributed by atoms with E-state index in [0.717, 1.165) is 0 Å². The zero-order valence-corrected chi connectivity index (χ0v) is 11.4. The van der Waals surface area contributed by atoms with Gasteiger partial charge in [0.2, 0.25) is 0 Å². The molecule has 0 aliphatic heterocycles. The molecule has 1 aliphatic carbocycles. The van der Waals surface area contributed by atoms with Gasteiger partial charge in [0.05, 0.1) is 19.3 Å². The summed E-state index contributed by atoms with van der Waals surface area (Å²) in [5, 5.41) is 0. The van der Waals surface area contributed by atoms with Gasteiger partial charge in [0.25, 0.3) is 0 Å². The molecule has 0 bridgehead atoms. The van der Waals surface area contributed by atoms with Crippen LogP contribution in [0.5, 0.6) is 0 Å². The first-order valence-electron chi connectivity index (χ1n) is 6.79. The molecule has 0 spiro atoms. The van der Waals surface area contributed by atoms with Gasteiger partial charge in [-0.15, -0.1) is 0 Å². The second-order valence-electron chi connectivity index (χ2n) is 4.92. The zero-order valence-electron chi connectivity index (χ0n) is 11.4. The van der Waals surface area contributed by atoms with Crippen molar-refractivity contribution >= 4 is 0 Å². The quantitative estimate of drug-likeness (QED) is 0.621. The van der Waals surface area contributed by atoms with Crippen molar-refractivity contribution in [2.75, 3.05) is 20.3 Å². The maximum absolute atomic E-state index is 5.36. The molecule has 1 atom stereocenters. The molecule has 0 aromatic heterocycles. The summed E-state index contributed by atoms with van der Waals surface area (Å²) in [7, 11) is 1.68. The van der Waals surface area contributed by atoms with Crippen molar-refractivity contribution in [1.29, 1.82) is 0 Å². The number of hydroxylamine groups is 1. The molecule has 0 saturated heterocycles. The Morgan fingerprint density at radius 3 is 2.72 bits per heavy atom. The van der Waals surface area contributed by atoms with Gasteiger partial charge in [-0.05, 0) is 49.3 Å². The van der Waals surface area contributed by atoms with Crippen molar-refractivity contribution in [2.45, 2.75) is 38.6 Å². The maximum atomic E-state index is 5.36. The van der Waals surface area contributed by atoms with E-state index in [-0.39, 0.29) is 6.04 Å². The van der Waals surface area contributed by atoms with E-state index in [0.29, 0.717) is 13.2 Å². The van der Waals surface area contributed by atoms with E-state index in [1.165, 1.54) is 42.4 Å². The molecule has 0 saturated carbocycles. The predicted octanol–water partition coefficient (Wildman–Crippen LogP) is 2.79. The lowest BCUT2D eigenvalue weighted by Gasteiger charge is -2.19. The summed E-state index contributed by atoms with van der Waals surface area (Å²) < 4.78 is 4.94. The molecular weight excluding hydrogens is 226 g/mol. The second kappa shape index (κ2) is 6.88. The Bertz CT molecular complexity index is 379. The highest BCUT2D eigenvalue weighted by Crippen LogP contribution is 2.24. The summed E-state index contributed by atoms with van der Waals surface area (Å²) in [6.07, 6.45) is 5.12. The summed E-state index contributed by atoms with van der Waals surface area (Å²) in [6.45, 7) is 3.31. The Labute approximate surface area is 109 Å². The number of nitrogens with one attached hydrogen (secondary N) is 1. The first-order chi connectivity index (χ1) is 8.81. The Balaban J connectivity index is 1.91. The van der Waals surface area contributed by atoms with Gasteiger partial charge >= 0.3 is 0 Å². The van der Waals surface area contributed by atoms with Gasteiger partial charge < -0.3 is 4.74 Å². The molecule has 1 aromatic rings. The highest BCUT2D eigenvalue weighted by molar-refractivity contribution is 5.34. The van der Waals surface area contributed by atoms with Crippen LogP contribution in [0.3, 0.4) is 0 Å². The van der Waals surface area contributed by atoms with Crippen LogP contribution < -0.4 is 5.48 Å². The van der Waals surface area contributed by atoms with E-state index >= 15 is 0 Å². The maximum Gasteiger partial charge on any atom is 0.0916 e. The highest BCUT2D eigenvalue weighted by atomic mass is 16.7. The molecule has 1 N–H and O–H groups in total. The average Bonchev–Trinajstić information content (AvgIpc) is 2.43. The van der Waals surface area contributed by atoms with E-state index in [1.54, 1.807) is 7.11 Å². The van der Waals surface area contributed by atoms with E-state index < -0.39 is 0 Å². The summed E-state index contributed by atoms with van der Waals surface area (Å²) in [4.78, 5) is 5.36. The molecule has 0 amide bonds. The van der Waals surface area contributed by atoms with E-state index in [9.17, 15) is 0 Å². The zero-order chi connectivity index (χ0) is 12.8. The predicted molar refractivity (Wildman–Crippen MR) is 72.5 cm³/mol. The molecule has 2 rings (SSSR count). The van der Waals surface area contributed by atoms with Crippen molar-refractivity contribution in [3.63, 3.8) is 0 Å². The highest BCUT2D eigenvalue weighted by Gasteiger charge is 2.12. The van der Waals surface area contributed by atoms with Gasteiger partial charge in [-0.25, -0.2) is 0 Å². The smallest absolute Gasteiger partial charge is 0.0916 e. The van der Waals surface area contributed by atoms with Crippen molar-refractivity contribution in [2.24, 2.45) is 0 Å². The number of benzene rings is 1. The Kier molecular flexibility index (Phi) is 5.17. The van der Waals surface area contributed by atoms with Crippen LogP contribution >= 0.6 is 0 Å². The number of methoxy groups -OCH3 is 1. The summed E-state index contributed by atoms with van der Waals surface area (Å²) in [5.41, 5.74) is 7.40. The van der Waals surface area contributed by atoms with E-state index in [4.69, 9.17) is 9.57 Å². The van der Waals surface area contributed by atoms with Gasteiger partial charge in [0.1, 0.15) is 0 Å². The Hall–Kier alpha value is -0.900. The summed E-state index contributed by atoms with van der Waals surface area (Å²) in [5.74, 6) is 0. The van der Waals surface area contributed by atoms with Crippen LogP contribution in [-0.4, -0.2) is 20.3 Å². The number of hydrogen-bond acceptors (Lipinski definition) is 3. The minimum atomic E-state index is 0.217. The van der Waals surface area contributed by atoms with Crippen LogP contribution in [0.4, 0.5) is 0 Å². The van der Waals surface area contributed by atoms with Crippen LogP contribution in [0.15, 0.2) is 18.2 Å². The van der Waals surface area contributed by atoms with Crippen molar-refractivity contribution in [3.05, 3.63) is 34.9 Å². The van der Waals surface area contributed by atoms with Crippen LogP contribution in [-0.2, 0) is 22.4 Å². The average molecular weight is 249 g/mol. The number of hydrogen-bond donors (Lipinski definition) is 1. The minimum absolute atomic E-state index is 0.217. The SMILES string of the molecule is COCCONC(C)c1ccc2c(c1)CCCC2. The Morgan fingerprint density at radius 2 is 1.94 bits per heavy atom. The van der Waals surface area contributed by atoms with Crippen LogP contribution in [0.1, 0.15) is 42.5 Å². The van der Waals surface area contributed by atoms with Crippen LogP contribution in [0, 0.1) is 0 Å². The largest absolute Gasteiger partial charge is 0.382 e. The third kappa shape index (κ3) is 3.55. The molecule has 3 nitrogen and oxygen atoms in total. The molecule has 1 aromatic carbocycles. The molecule has 3 heteroatoms. The van der Waals surface area contributed by atoms with Gasteiger partial charge in [0, 0.05) is 7.11 Å². The monoisotopic (exact) mass is 249 g/mol. The minimum Gasteiger partial charge on any atom is -0.382 e. The molecular formula is C15H23NO2. The molecule has 0 fully saturated rings. The molecule has 0 radical (unpaired) electrons. The van der Waals surface area contributed by atoms with Gasteiger partial charge in [-0.1, -0.05) is 18.2 Å². The standard InChI is InChI=1S/C15H23NO2/c1-12(16-18-10-9-17-2)14-8-7-13-5-3-4-6-15(13)11-14/h7-8,11-12,16H,3-6,9-10H2,1-2H3. The van der Waals surface area contributed by atoms with Crippen molar-refractivity contribution in [3.8, 4) is 0 Å². The number of fused-ring (bicyclic) bond motifs is 1. The molecule has 1 aliphatic rings. The van der Waals surface area contributed by atoms with Crippen LogP contribution in [0.25, 0.3) is 0 Å². The van der Waals surface area contributed by atoms with Crippen molar-refractivity contribution < 1.29 is 9.57 Å². The second-order valence-corrected chi connectivity index (χ2v) is 4.92. The van der Waals surface area contributed by atoms with Gasteiger partial charge in [-0.3, -0.25) is 4.84 Å². The Morgan fingerprint density at radius 1 is 1.17 bits per heavy atom. The first-order valence-corrected chi connectivity index (χ1v) is 6.79. The fourth-order valence-corrected chi connectivity index (χ4v) is 2.40. The molecule has 1 unspecified atom stereocenters. The summed E-state index contributed by atoms with van der Waals surface area (Å²) in [6, 6.07) is 7.03. The lowest BCUT2D eigenvalue weighted by molar-refractivity contribution is -0.00926. The first kappa shape index (κ1) is 13.5. The fourth-order valence-electron chi connectivity index (χ4n) is 2.40.